The molecule has 1 aromatic rings. The van der Waals surface area contributed by atoms with E-state index in [2.05, 4.69) is 11.9 Å². The van der Waals surface area contributed by atoms with Gasteiger partial charge in [0.25, 0.3) is 0 Å². The Morgan fingerprint density at radius 2 is 1.46 bits per heavy atom. The summed E-state index contributed by atoms with van der Waals surface area (Å²) in [6, 6.07) is 6.30. The molecule has 0 spiro atoms. The number of amides is 1. The molecule has 1 fully saturated rings. The Bertz CT molecular complexity index is 976. The van der Waals surface area contributed by atoms with Crippen LogP contribution in [0.5, 0.6) is 5.75 Å². The number of hydrogen-bond acceptors (Lipinski definition) is 11. The van der Waals surface area contributed by atoms with E-state index in [4.69, 9.17) is 28.4 Å². The summed E-state index contributed by atoms with van der Waals surface area (Å²) in [7, 11) is 0. The van der Waals surface area contributed by atoms with Gasteiger partial charge in [-0.05, 0) is 18.2 Å². The highest BCUT2D eigenvalue weighted by molar-refractivity contribution is 5.99. The predicted molar refractivity (Wildman–Crippen MR) is 118 cm³/mol. The van der Waals surface area contributed by atoms with Crippen LogP contribution in [0.15, 0.2) is 36.9 Å². The summed E-state index contributed by atoms with van der Waals surface area (Å²) >= 11 is 0. The van der Waals surface area contributed by atoms with Gasteiger partial charge in [0.15, 0.2) is 12.2 Å². The van der Waals surface area contributed by atoms with Gasteiger partial charge in [-0.25, -0.2) is 0 Å². The molecule has 1 N–H and O–H groups in total. The maximum atomic E-state index is 11.9. The van der Waals surface area contributed by atoms with E-state index >= 15 is 0 Å². The van der Waals surface area contributed by atoms with E-state index in [0.717, 1.165) is 26.8 Å². The lowest BCUT2D eigenvalue weighted by Gasteiger charge is -2.44. The van der Waals surface area contributed by atoms with Crippen molar-refractivity contribution in [3.8, 4) is 5.75 Å². The molecule has 2 rings (SSSR count). The van der Waals surface area contributed by atoms with E-state index in [1.807, 2.05) is 0 Å². The highest BCUT2D eigenvalue weighted by Gasteiger charge is 2.53. The van der Waals surface area contributed by atoms with Crippen molar-refractivity contribution in [3.05, 3.63) is 36.9 Å². The van der Waals surface area contributed by atoms with Crippen molar-refractivity contribution in [2.24, 2.45) is 0 Å². The number of ether oxygens (including phenoxy) is 6. The third kappa shape index (κ3) is 8.10. The maximum absolute atomic E-state index is 11.9. The molecule has 0 saturated carbocycles. The number of esters is 4. The van der Waals surface area contributed by atoms with Gasteiger partial charge in [0, 0.05) is 27.7 Å². The smallest absolute Gasteiger partial charge is 0.303 e. The number of hydrogen-bond donors (Lipinski definition) is 1. The second-order valence-corrected chi connectivity index (χ2v) is 7.38. The van der Waals surface area contributed by atoms with Crippen LogP contribution in [0.4, 0.5) is 5.69 Å². The molecule has 0 aliphatic carbocycles. The van der Waals surface area contributed by atoms with Crippen LogP contribution in [-0.4, -0.2) is 67.1 Å². The molecule has 0 bridgehead atoms. The third-order valence-corrected chi connectivity index (χ3v) is 4.52. The molecule has 0 aromatic heterocycles. The molecule has 1 amide bonds. The van der Waals surface area contributed by atoms with E-state index in [-0.39, 0.29) is 11.4 Å². The van der Waals surface area contributed by atoms with Crippen LogP contribution in [0.1, 0.15) is 27.7 Å². The minimum Gasteiger partial charge on any atom is -0.463 e. The Morgan fingerprint density at radius 3 is 2.03 bits per heavy atom. The lowest BCUT2D eigenvalue weighted by Crippen LogP contribution is -2.63. The van der Waals surface area contributed by atoms with Crippen molar-refractivity contribution >= 4 is 35.5 Å². The fraction of sp³-hybridized carbons (Fsp3) is 0.435. The molecule has 0 unspecified atom stereocenters. The predicted octanol–water partition coefficient (Wildman–Crippen LogP) is 1.27. The van der Waals surface area contributed by atoms with Crippen molar-refractivity contribution < 1.29 is 52.4 Å². The van der Waals surface area contributed by atoms with Crippen LogP contribution in [0.2, 0.25) is 0 Å². The number of para-hydroxylation sites is 2. The van der Waals surface area contributed by atoms with Gasteiger partial charge in [0.05, 0.1) is 5.69 Å². The van der Waals surface area contributed by atoms with Crippen molar-refractivity contribution in [1.82, 2.24) is 0 Å². The standard InChI is InChI=1S/C23H27NO11/c1-6-19(29)24-16-9-7-8-10-17(16)34-23-22(33-15(5)28)21(32-14(4)27)20(31-13(3)26)18(35-23)11-30-12(2)25/h6-10,18,20-23H,1,11H2,2-5H3,(H,24,29)/t18-,20+,21+,22-,23-/m1/s1. The third-order valence-electron chi connectivity index (χ3n) is 4.52. The van der Waals surface area contributed by atoms with Crippen molar-refractivity contribution in [1.29, 1.82) is 0 Å². The Balaban J connectivity index is 2.50. The molecule has 1 aliphatic rings. The average molecular weight is 493 g/mol. The maximum Gasteiger partial charge on any atom is 0.303 e. The average Bonchev–Trinajstić information content (AvgIpc) is 2.76. The lowest BCUT2D eigenvalue weighted by molar-refractivity contribution is -0.288. The van der Waals surface area contributed by atoms with E-state index in [1.165, 1.54) is 13.0 Å². The highest BCUT2D eigenvalue weighted by atomic mass is 16.7. The number of carbonyl (C=O) groups excluding carboxylic acids is 5. The Morgan fingerprint density at radius 1 is 0.886 bits per heavy atom. The number of rotatable bonds is 9. The van der Waals surface area contributed by atoms with Gasteiger partial charge in [0.2, 0.25) is 18.3 Å². The molecule has 12 nitrogen and oxygen atoms in total. The topological polar surface area (TPSA) is 153 Å². The number of carbonyl (C=O) groups is 5. The normalized spacial score (nSPS) is 23.3. The Hall–Kier alpha value is -3.93. The Labute approximate surface area is 201 Å². The fourth-order valence-electron chi connectivity index (χ4n) is 3.27. The molecule has 35 heavy (non-hydrogen) atoms. The summed E-state index contributed by atoms with van der Waals surface area (Å²) in [5, 5.41) is 2.57. The van der Waals surface area contributed by atoms with Crippen LogP contribution in [0.3, 0.4) is 0 Å². The van der Waals surface area contributed by atoms with E-state index in [1.54, 1.807) is 18.2 Å². The quantitative estimate of drug-likeness (QED) is 0.301. The first-order valence-electron chi connectivity index (χ1n) is 10.5. The minimum atomic E-state index is -1.43. The summed E-state index contributed by atoms with van der Waals surface area (Å²) < 4.78 is 32.9. The van der Waals surface area contributed by atoms with Gasteiger partial charge >= 0.3 is 23.9 Å². The highest BCUT2D eigenvalue weighted by Crippen LogP contribution is 2.33. The summed E-state index contributed by atoms with van der Waals surface area (Å²) in [5.74, 6) is -3.32. The lowest BCUT2D eigenvalue weighted by atomic mass is 9.98. The molecular formula is C23H27NO11. The second-order valence-electron chi connectivity index (χ2n) is 7.38. The molecule has 0 radical (unpaired) electrons. The second kappa shape index (κ2) is 12.5. The largest absolute Gasteiger partial charge is 0.463 e. The van der Waals surface area contributed by atoms with Crippen LogP contribution < -0.4 is 10.1 Å². The summed E-state index contributed by atoms with van der Waals surface area (Å²) in [6.07, 6.45) is -5.63. The van der Waals surface area contributed by atoms with Crippen molar-refractivity contribution in [3.63, 3.8) is 0 Å². The molecule has 1 heterocycles. The molecular weight excluding hydrogens is 466 g/mol. The molecule has 1 aliphatic heterocycles. The molecule has 5 atom stereocenters. The molecule has 1 aromatic carbocycles. The number of nitrogens with one attached hydrogen (secondary N) is 1. The van der Waals surface area contributed by atoms with Crippen molar-refractivity contribution in [2.45, 2.75) is 58.4 Å². The summed E-state index contributed by atoms with van der Waals surface area (Å²) in [5.41, 5.74) is 0.241. The van der Waals surface area contributed by atoms with E-state index < -0.39 is 67.1 Å². The van der Waals surface area contributed by atoms with Crippen LogP contribution in [0, 0.1) is 0 Å². The monoisotopic (exact) mass is 493 g/mol. The zero-order chi connectivity index (χ0) is 26.1. The van der Waals surface area contributed by atoms with Gasteiger partial charge in [-0.2, -0.15) is 0 Å². The van der Waals surface area contributed by atoms with Gasteiger partial charge < -0.3 is 33.7 Å². The first kappa shape index (κ1) is 27.3. The van der Waals surface area contributed by atoms with E-state index in [9.17, 15) is 24.0 Å². The zero-order valence-corrected chi connectivity index (χ0v) is 19.7. The minimum absolute atomic E-state index is 0.114. The number of benzene rings is 1. The molecule has 12 heteroatoms. The summed E-state index contributed by atoms with van der Waals surface area (Å²) in [4.78, 5) is 58.8. The van der Waals surface area contributed by atoms with Gasteiger partial charge in [0.1, 0.15) is 18.5 Å². The molecule has 1 saturated heterocycles. The Kier molecular flexibility index (Phi) is 9.76. The fourth-order valence-corrected chi connectivity index (χ4v) is 3.27. The van der Waals surface area contributed by atoms with Crippen LogP contribution in [0.25, 0.3) is 0 Å². The SMILES string of the molecule is C=CC(=O)Nc1ccccc1O[C@@H]1O[C@H](COC(C)=O)[C@H](OC(C)=O)[C@H](OC(C)=O)[C@H]1OC(C)=O. The number of anilines is 1. The summed E-state index contributed by atoms with van der Waals surface area (Å²) in [6.45, 7) is 7.52. The molecule has 190 valence electrons. The van der Waals surface area contributed by atoms with Crippen LogP contribution in [-0.2, 0) is 47.7 Å². The van der Waals surface area contributed by atoms with Crippen molar-refractivity contribution in [2.75, 3.05) is 11.9 Å². The zero-order valence-electron chi connectivity index (χ0n) is 19.7. The van der Waals surface area contributed by atoms with E-state index in [0.29, 0.717) is 0 Å². The van der Waals surface area contributed by atoms with Gasteiger partial charge in [-0.15, -0.1) is 0 Å². The van der Waals surface area contributed by atoms with Gasteiger partial charge in [-0.1, -0.05) is 18.7 Å². The first-order chi connectivity index (χ1) is 16.5. The first-order valence-corrected chi connectivity index (χ1v) is 10.5. The van der Waals surface area contributed by atoms with Crippen LogP contribution >= 0.6 is 0 Å². The van der Waals surface area contributed by atoms with Gasteiger partial charge in [-0.3, -0.25) is 24.0 Å².